The van der Waals surface area contributed by atoms with Gasteiger partial charge < -0.3 is 15.3 Å². The fourth-order valence-electron chi connectivity index (χ4n) is 2.68. The zero-order chi connectivity index (χ0) is 16.1. The normalized spacial score (nSPS) is 18.8. The molecule has 1 aromatic carbocycles. The minimum absolute atomic E-state index is 0.133. The molecule has 1 aromatic rings. The summed E-state index contributed by atoms with van der Waals surface area (Å²) < 4.78 is 0. The smallest absolute Gasteiger partial charge is 0.308 e. The Bertz CT molecular complexity index is 559. The third kappa shape index (κ3) is 4.07. The number of likely N-dealkylation sites (tertiary alicyclic amines) is 1. The fourth-order valence-corrected chi connectivity index (χ4v) is 2.68. The van der Waals surface area contributed by atoms with Crippen LogP contribution in [-0.2, 0) is 14.4 Å². The highest BCUT2D eigenvalue weighted by Crippen LogP contribution is 2.22. The molecule has 0 spiro atoms. The van der Waals surface area contributed by atoms with Gasteiger partial charge in [0, 0.05) is 20.0 Å². The van der Waals surface area contributed by atoms with E-state index in [1.54, 1.807) is 4.90 Å². The Balaban J connectivity index is 2.03. The van der Waals surface area contributed by atoms with Gasteiger partial charge in [-0.3, -0.25) is 14.4 Å². The molecule has 1 aliphatic rings. The number of rotatable bonds is 5. The molecule has 0 radical (unpaired) electrons. The van der Waals surface area contributed by atoms with Gasteiger partial charge in [-0.25, -0.2) is 0 Å². The number of nitrogens with zero attached hydrogens (tertiary/aromatic N) is 1. The second-order valence-electron chi connectivity index (χ2n) is 5.53. The molecule has 0 saturated carbocycles. The second kappa shape index (κ2) is 7.06. The molecule has 2 atom stereocenters. The lowest BCUT2D eigenvalue weighted by molar-refractivity contribution is -0.141. The van der Waals surface area contributed by atoms with Crippen LogP contribution in [0.4, 0.5) is 0 Å². The predicted molar refractivity (Wildman–Crippen MR) is 79.9 cm³/mol. The quantitative estimate of drug-likeness (QED) is 0.855. The van der Waals surface area contributed by atoms with Gasteiger partial charge in [-0.05, 0) is 12.0 Å². The van der Waals surface area contributed by atoms with E-state index in [9.17, 15) is 14.4 Å². The van der Waals surface area contributed by atoms with Crippen molar-refractivity contribution in [2.24, 2.45) is 5.92 Å². The molecule has 6 heteroatoms. The van der Waals surface area contributed by atoms with Gasteiger partial charge in [-0.2, -0.15) is 0 Å². The van der Waals surface area contributed by atoms with E-state index in [-0.39, 0.29) is 24.8 Å². The predicted octanol–water partition coefficient (Wildman–Crippen LogP) is 1.19. The van der Waals surface area contributed by atoms with Crippen molar-refractivity contribution in [1.82, 2.24) is 10.2 Å². The Hall–Kier alpha value is -2.37. The number of carboxylic acid groups (broad SMARTS) is 1. The highest BCUT2D eigenvalue weighted by molar-refractivity contribution is 5.80. The summed E-state index contributed by atoms with van der Waals surface area (Å²) in [5.74, 6) is -1.69. The molecule has 118 valence electrons. The van der Waals surface area contributed by atoms with Crippen molar-refractivity contribution in [1.29, 1.82) is 0 Å². The first-order chi connectivity index (χ1) is 10.5. The molecule has 2 amide bonds. The van der Waals surface area contributed by atoms with E-state index in [1.807, 2.05) is 30.3 Å². The average molecular weight is 304 g/mol. The number of nitrogens with one attached hydrogen (secondary N) is 1. The SMILES string of the molecule is CC(=O)N[C@H](CC(=O)N1CC[C@@H](C(=O)O)C1)c1ccccc1. The molecule has 2 rings (SSSR count). The summed E-state index contributed by atoms with van der Waals surface area (Å²) in [4.78, 5) is 36.2. The van der Waals surface area contributed by atoms with Crippen LogP contribution in [0.1, 0.15) is 31.4 Å². The van der Waals surface area contributed by atoms with E-state index >= 15 is 0 Å². The standard InChI is InChI=1S/C16H20N2O4/c1-11(19)17-14(12-5-3-2-4-6-12)9-15(20)18-8-7-13(10-18)16(21)22/h2-6,13-14H,7-10H2,1H3,(H,17,19)(H,21,22)/t13-,14-/m1/s1. The number of benzene rings is 1. The van der Waals surface area contributed by atoms with Crippen molar-refractivity contribution in [3.8, 4) is 0 Å². The first-order valence-corrected chi connectivity index (χ1v) is 7.30. The maximum Gasteiger partial charge on any atom is 0.308 e. The Morgan fingerprint density at radius 2 is 2.00 bits per heavy atom. The van der Waals surface area contributed by atoms with Crippen LogP contribution < -0.4 is 5.32 Å². The molecule has 2 N–H and O–H groups in total. The summed E-state index contributed by atoms with van der Waals surface area (Å²) in [5.41, 5.74) is 0.861. The van der Waals surface area contributed by atoms with Crippen LogP contribution >= 0.6 is 0 Å². The fraction of sp³-hybridized carbons (Fsp3) is 0.438. The highest BCUT2D eigenvalue weighted by Gasteiger charge is 2.31. The summed E-state index contributed by atoms with van der Waals surface area (Å²) in [6, 6.07) is 8.90. The molecule has 22 heavy (non-hydrogen) atoms. The number of hydrogen-bond donors (Lipinski definition) is 2. The van der Waals surface area contributed by atoms with Crippen LogP contribution in [0.2, 0.25) is 0 Å². The van der Waals surface area contributed by atoms with Gasteiger partial charge in [0.15, 0.2) is 0 Å². The number of carboxylic acids is 1. The molecule has 1 aliphatic heterocycles. The van der Waals surface area contributed by atoms with Crippen LogP contribution in [0, 0.1) is 5.92 Å². The van der Waals surface area contributed by atoms with Crippen molar-refractivity contribution in [3.63, 3.8) is 0 Å². The maximum atomic E-state index is 12.4. The van der Waals surface area contributed by atoms with Gasteiger partial charge in [-0.15, -0.1) is 0 Å². The topological polar surface area (TPSA) is 86.7 Å². The van der Waals surface area contributed by atoms with Crippen molar-refractivity contribution in [2.75, 3.05) is 13.1 Å². The Kier molecular flexibility index (Phi) is 5.14. The first-order valence-electron chi connectivity index (χ1n) is 7.30. The van der Waals surface area contributed by atoms with Crippen LogP contribution in [0.15, 0.2) is 30.3 Å². The third-order valence-electron chi connectivity index (χ3n) is 3.85. The van der Waals surface area contributed by atoms with Crippen LogP contribution in [0.5, 0.6) is 0 Å². The van der Waals surface area contributed by atoms with E-state index in [0.29, 0.717) is 13.0 Å². The Labute approximate surface area is 129 Å². The zero-order valence-corrected chi connectivity index (χ0v) is 12.5. The lowest BCUT2D eigenvalue weighted by Gasteiger charge is -2.22. The zero-order valence-electron chi connectivity index (χ0n) is 12.5. The van der Waals surface area contributed by atoms with E-state index in [2.05, 4.69) is 5.32 Å². The molecule has 1 saturated heterocycles. The van der Waals surface area contributed by atoms with Gasteiger partial charge in [0.1, 0.15) is 0 Å². The number of carbonyl (C=O) groups is 3. The minimum atomic E-state index is -0.864. The number of carbonyl (C=O) groups excluding carboxylic acids is 2. The first kappa shape index (κ1) is 16.0. The van der Waals surface area contributed by atoms with E-state index in [0.717, 1.165) is 5.56 Å². The third-order valence-corrected chi connectivity index (χ3v) is 3.85. The molecule has 0 aromatic heterocycles. The summed E-state index contributed by atoms with van der Waals surface area (Å²) >= 11 is 0. The molecule has 1 heterocycles. The minimum Gasteiger partial charge on any atom is -0.481 e. The molecule has 0 aliphatic carbocycles. The van der Waals surface area contributed by atoms with Crippen LogP contribution in [0.25, 0.3) is 0 Å². The van der Waals surface area contributed by atoms with Gasteiger partial charge in [0.2, 0.25) is 11.8 Å². The molecular formula is C16H20N2O4. The second-order valence-corrected chi connectivity index (χ2v) is 5.53. The number of hydrogen-bond acceptors (Lipinski definition) is 3. The molecular weight excluding hydrogens is 284 g/mol. The molecule has 6 nitrogen and oxygen atoms in total. The summed E-state index contributed by atoms with van der Waals surface area (Å²) in [7, 11) is 0. The molecule has 0 unspecified atom stereocenters. The average Bonchev–Trinajstić information content (AvgIpc) is 2.97. The van der Waals surface area contributed by atoms with Crippen LogP contribution in [0.3, 0.4) is 0 Å². The summed E-state index contributed by atoms with van der Waals surface area (Å²) in [5, 5.41) is 11.8. The van der Waals surface area contributed by atoms with Crippen molar-refractivity contribution in [3.05, 3.63) is 35.9 Å². The lowest BCUT2D eigenvalue weighted by atomic mass is 10.0. The highest BCUT2D eigenvalue weighted by atomic mass is 16.4. The summed E-state index contributed by atoms with van der Waals surface area (Å²) in [6.07, 6.45) is 0.618. The maximum absolute atomic E-state index is 12.4. The largest absolute Gasteiger partial charge is 0.481 e. The van der Waals surface area contributed by atoms with E-state index in [1.165, 1.54) is 6.92 Å². The van der Waals surface area contributed by atoms with E-state index in [4.69, 9.17) is 5.11 Å². The van der Waals surface area contributed by atoms with Crippen molar-refractivity contribution >= 4 is 17.8 Å². The number of aliphatic carboxylic acids is 1. The van der Waals surface area contributed by atoms with Gasteiger partial charge >= 0.3 is 5.97 Å². The van der Waals surface area contributed by atoms with E-state index < -0.39 is 17.9 Å². The van der Waals surface area contributed by atoms with Crippen molar-refractivity contribution < 1.29 is 19.5 Å². The Morgan fingerprint density at radius 1 is 1.32 bits per heavy atom. The van der Waals surface area contributed by atoms with Gasteiger partial charge in [-0.1, -0.05) is 30.3 Å². The summed E-state index contributed by atoms with van der Waals surface area (Å²) in [6.45, 7) is 2.11. The monoisotopic (exact) mass is 304 g/mol. The lowest BCUT2D eigenvalue weighted by Crippen LogP contribution is -2.35. The van der Waals surface area contributed by atoms with Crippen molar-refractivity contribution in [2.45, 2.75) is 25.8 Å². The van der Waals surface area contributed by atoms with Gasteiger partial charge in [0.25, 0.3) is 0 Å². The number of amides is 2. The molecule has 1 fully saturated rings. The van der Waals surface area contributed by atoms with Gasteiger partial charge in [0.05, 0.1) is 18.4 Å². The molecule has 0 bridgehead atoms. The van der Waals surface area contributed by atoms with Crippen LogP contribution in [-0.4, -0.2) is 40.9 Å². The Morgan fingerprint density at radius 3 is 2.55 bits per heavy atom.